The summed E-state index contributed by atoms with van der Waals surface area (Å²) in [6.45, 7) is 6.19. The molecule has 3 heteroatoms. The molecular weight excluding hydrogens is 262 g/mol. The third-order valence-electron chi connectivity index (χ3n) is 3.64. The van der Waals surface area contributed by atoms with E-state index < -0.39 is 0 Å². The van der Waals surface area contributed by atoms with Crippen molar-refractivity contribution in [2.45, 2.75) is 26.6 Å². The molecule has 1 unspecified atom stereocenters. The quantitative estimate of drug-likeness (QED) is 0.928. The average molecular weight is 283 g/mol. The maximum atomic E-state index is 6.07. The van der Waals surface area contributed by atoms with E-state index in [1.54, 1.807) is 0 Å². The highest BCUT2D eigenvalue weighted by Gasteiger charge is 2.21. The Bertz CT molecular complexity index is 610. The number of rotatable bonds is 4. The van der Waals surface area contributed by atoms with Crippen LogP contribution in [0.2, 0.25) is 0 Å². The summed E-state index contributed by atoms with van der Waals surface area (Å²) in [5.41, 5.74) is 4.70. The van der Waals surface area contributed by atoms with Crippen molar-refractivity contribution in [3.8, 4) is 5.75 Å². The summed E-state index contributed by atoms with van der Waals surface area (Å²) in [6.07, 6.45) is 0.0580. The van der Waals surface area contributed by atoms with Gasteiger partial charge in [0.1, 0.15) is 11.9 Å². The summed E-state index contributed by atoms with van der Waals surface area (Å²) in [4.78, 5) is 0. The van der Waals surface area contributed by atoms with Gasteiger partial charge in [0.25, 0.3) is 0 Å². The lowest BCUT2D eigenvalue weighted by Gasteiger charge is -2.29. The van der Waals surface area contributed by atoms with E-state index in [0.29, 0.717) is 13.2 Å². The van der Waals surface area contributed by atoms with Crippen molar-refractivity contribution in [1.82, 2.24) is 0 Å². The smallest absolute Gasteiger partial charge is 0.145 e. The first-order valence-electron chi connectivity index (χ1n) is 7.36. The second-order valence-corrected chi connectivity index (χ2v) is 5.58. The minimum absolute atomic E-state index is 0.0580. The van der Waals surface area contributed by atoms with Gasteiger partial charge in [0.15, 0.2) is 0 Å². The third kappa shape index (κ3) is 3.37. The summed E-state index contributed by atoms with van der Waals surface area (Å²) in [5, 5.41) is 3.44. The monoisotopic (exact) mass is 283 g/mol. The second-order valence-electron chi connectivity index (χ2n) is 5.58. The molecule has 1 aliphatic heterocycles. The Hall–Kier alpha value is -2.00. The van der Waals surface area contributed by atoms with Gasteiger partial charge in [0.2, 0.25) is 0 Å². The minimum Gasteiger partial charge on any atom is -0.484 e. The van der Waals surface area contributed by atoms with Crippen molar-refractivity contribution < 1.29 is 9.47 Å². The lowest BCUT2D eigenvalue weighted by atomic mass is 10.1. The van der Waals surface area contributed by atoms with Crippen LogP contribution in [0.15, 0.2) is 42.5 Å². The normalized spacial score (nSPS) is 16.8. The van der Waals surface area contributed by atoms with Gasteiger partial charge in [-0.2, -0.15) is 0 Å². The van der Waals surface area contributed by atoms with Crippen molar-refractivity contribution in [3.63, 3.8) is 0 Å². The average Bonchev–Trinajstić information content (AvgIpc) is 2.49. The van der Waals surface area contributed by atoms with Crippen LogP contribution in [0.25, 0.3) is 0 Å². The van der Waals surface area contributed by atoms with Gasteiger partial charge in [-0.25, -0.2) is 0 Å². The molecule has 0 saturated carbocycles. The van der Waals surface area contributed by atoms with Gasteiger partial charge >= 0.3 is 0 Å². The van der Waals surface area contributed by atoms with E-state index >= 15 is 0 Å². The van der Waals surface area contributed by atoms with Gasteiger partial charge in [-0.3, -0.25) is 0 Å². The fourth-order valence-corrected chi connectivity index (χ4v) is 2.65. The van der Waals surface area contributed by atoms with Crippen LogP contribution in [-0.4, -0.2) is 19.3 Å². The lowest BCUT2D eigenvalue weighted by Crippen LogP contribution is -2.35. The molecule has 2 aromatic rings. The van der Waals surface area contributed by atoms with Crippen molar-refractivity contribution in [1.29, 1.82) is 0 Å². The van der Waals surface area contributed by atoms with Gasteiger partial charge in [-0.1, -0.05) is 36.4 Å². The van der Waals surface area contributed by atoms with Crippen LogP contribution in [0.3, 0.4) is 0 Å². The van der Waals surface area contributed by atoms with Crippen LogP contribution in [0.4, 0.5) is 5.69 Å². The second kappa shape index (κ2) is 6.19. The maximum absolute atomic E-state index is 6.07. The van der Waals surface area contributed by atoms with Crippen molar-refractivity contribution in [2.75, 3.05) is 18.5 Å². The highest BCUT2D eigenvalue weighted by Crippen LogP contribution is 2.33. The van der Waals surface area contributed by atoms with Crippen molar-refractivity contribution in [2.24, 2.45) is 0 Å². The summed E-state index contributed by atoms with van der Waals surface area (Å²) < 4.78 is 11.8. The van der Waals surface area contributed by atoms with E-state index in [2.05, 4.69) is 43.4 Å². The molecule has 0 amide bonds. The Balaban J connectivity index is 1.57. The molecule has 1 aliphatic rings. The summed E-state index contributed by atoms with van der Waals surface area (Å²) in [5.74, 6) is 0.958. The van der Waals surface area contributed by atoms with E-state index in [9.17, 15) is 0 Å². The Morgan fingerprint density at radius 1 is 1.19 bits per heavy atom. The van der Waals surface area contributed by atoms with E-state index in [-0.39, 0.29) is 6.10 Å². The Morgan fingerprint density at radius 2 is 2.00 bits per heavy atom. The van der Waals surface area contributed by atoms with Crippen LogP contribution in [0.5, 0.6) is 5.75 Å². The summed E-state index contributed by atoms with van der Waals surface area (Å²) in [7, 11) is 0. The lowest BCUT2D eigenvalue weighted by molar-refractivity contribution is 0.0438. The van der Waals surface area contributed by atoms with Crippen LogP contribution in [0.1, 0.15) is 16.7 Å². The van der Waals surface area contributed by atoms with Crippen molar-refractivity contribution >= 4 is 5.69 Å². The molecule has 1 N–H and O–H groups in total. The summed E-state index contributed by atoms with van der Waals surface area (Å²) in [6, 6.07) is 14.5. The standard InChI is InChI=1S/C18H21NO2/c1-13-8-14(2)18-17(9-13)19-10-16(21-18)12-20-11-15-6-4-3-5-7-15/h3-9,16,19H,10-12H2,1-2H3. The SMILES string of the molecule is Cc1cc(C)c2c(c1)NCC(COCc1ccccc1)O2. The van der Waals surface area contributed by atoms with Gasteiger partial charge in [-0.15, -0.1) is 0 Å². The van der Waals surface area contributed by atoms with E-state index in [0.717, 1.165) is 18.0 Å². The number of aryl methyl sites for hydroxylation is 2. The fraction of sp³-hybridized carbons (Fsp3) is 0.333. The molecule has 0 radical (unpaired) electrons. The Labute approximate surface area is 125 Å². The first kappa shape index (κ1) is 14.0. The molecule has 1 atom stereocenters. The van der Waals surface area contributed by atoms with Crippen LogP contribution < -0.4 is 10.1 Å². The van der Waals surface area contributed by atoms with Crippen LogP contribution in [0, 0.1) is 13.8 Å². The number of hydrogen-bond acceptors (Lipinski definition) is 3. The highest BCUT2D eigenvalue weighted by molar-refractivity contribution is 5.63. The van der Waals surface area contributed by atoms with E-state index in [1.165, 1.54) is 16.7 Å². The number of benzene rings is 2. The zero-order valence-corrected chi connectivity index (χ0v) is 12.6. The fourth-order valence-electron chi connectivity index (χ4n) is 2.65. The predicted octanol–water partition coefficient (Wildman–Crippen LogP) is 3.69. The topological polar surface area (TPSA) is 30.5 Å². The predicted molar refractivity (Wildman–Crippen MR) is 84.9 cm³/mol. The Morgan fingerprint density at radius 3 is 2.81 bits per heavy atom. The molecule has 2 aromatic carbocycles. The zero-order valence-electron chi connectivity index (χ0n) is 12.6. The molecule has 0 aromatic heterocycles. The number of nitrogens with one attached hydrogen (secondary N) is 1. The number of ether oxygens (including phenoxy) is 2. The number of anilines is 1. The maximum Gasteiger partial charge on any atom is 0.145 e. The molecule has 3 nitrogen and oxygen atoms in total. The molecule has 1 heterocycles. The van der Waals surface area contributed by atoms with Crippen molar-refractivity contribution in [3.05, 3.63) is 59.2 Å². The number of fused-ring (bicyclic) bond motifs is 1. The van der Waals surface area contributed by atoms with Gasteiger partial charge in [-0.05, 0) is 36.6 Å². The molecular formula is C18H21NO2. The largest absolute Gasteiger partial charge is 0.484 e. The van der Waals surface area contributed by atoms with Crippen LogP contribution >= 0.6 is 0 Å². The third-order valence-corrected chi connectivity index (χ3v) is 3.64. The molecule has 21 heavy (non-hydrogen) atoms. The molecule has 0 fully saturated rings. The minimum atomic E-state index is 0.0580. The molecule has 0 saturated heterocycles. The molecule has 3 rings (SSSR count). The summed E-state index contributed by atoms with van der Waals surface area (Å²) >= 11 is 0. The highest BCUT2D eigenvalue weighted by atomic mass is 16.5. The van der Waals surface area contributed by atoms with E-state index in [1.807, 2.05) is 18.2 Å². The molecule has 110 valence electrons. The first-order valence-corrected chi connectivity index (χ1v) is 7.36. The van der Waals surface area contributed by atoms with Gasteiger partial charge in [0.05, 0.1) is 25.4 Å². The van der Waals surface area contributed by atoms with Crippen LogP contribution in [-0.2, 0) is 11.3 Å². The number of hydrogen-bond donors (Lipinski definition) is 1. The van der Waals surface area contributed by atoms with E-state index in [4.69, 9.17) is 9.47 Å². The van der Waals surface area contributed by atoms with Gasteiger partial charge < -0.3 is 14.8 Å². The first-order chi connectivity index (χ1) is 10.2. The molecule has 0 bridgehead atoms. The van der Waals surface area contributed by atoms with Gasteiger partial charge in [0, 0.05) is 0 Å². The zero-order chi connectivity index (χ0) is 14.7. The molecule has 0 spiro atoms. The molecule has 0 aliphatic carbocycles. The Kier molecular flexibility index (Phi) is 4.11.